The van der Waals surface area contributed by atoms with E-state index in [1.165, 1.54) is 0 Å². The predicted molar refractivity (Wildman–Crippen MR) is 94.6 cm³/mol. The van der Waals surface area contributed by atoms with E-state index in [1.54, 1.807) is 6.07 Å². The molecule has 0 unspecified atom stereocenters. The number of nitrogens with zero attached hydrogens (tertiary/aromatic N) is 2. The summed E-state index contributed by atoms with van der Waals surface area (Å²) in [7, 11) is 0. The lowest BCUT2D eigenvalue weighted by atomic mass is 10.0. The second-order valence-electron chi connectivity index (χ2n) is 5.46. The fraction of sp³-hybridized carbons (Fsp3) is 0.158. The van der Waals surface area contributed by atoms with Crippen LogP contribution in [-0.4, -0.2) is 5.11 Å². The molecule has 3 aromatic carbocycles. The summed E-state index contributed by atoms with van der Waals surface area (Å²) >= 11 is 0. The summed E-state index contributed by atoms with van der Waals surface area (Å²) < 4.78 is 0. The number of phenols is 1. The molecule has 0 radical (unpaired) electrons. The van der Waals surface area contributed by atoms with Gasteiger partial charge in [-0.05, 0) is 30.2 Å². The van der Waals surface area contributed by atoms with Gasteiger partial charge in [-0.15, -0.1) is 10.2 Å². The van der Waals surface area contributed by atoms with Gasteiger partial charge in [0.25, 0.3) is 0 Å². The number of anilines is 1. The Hall–Kier alpha value is -2.88. The number of benzene rings is 3. The van der Waals surface area contributed by atoms with Crippen molar-refractivity contribution in [1.82, 2.24) is 0 Å². The van der Waals surface area contributed by atoms with Crippen molar-refractivity contribution >= 4 is 27.8 Å². The SMILES string of the molecule is CCCc1cc(N=Nc2ccccc2N)c2ccccc2c1O. The zero-order chi connectivity index (χ0) is 16.2. The minimum absolute atomic E-state index is 0.334. The minimum Gasteiger partial charge on any atom is -0.507 e. The zero-order valence-electron chi connectivity index (χ0n) is 13.0. The molecule has 0 aliphatic rings. The van der Waals surface area contributed by atoms with E-state index >= 15 is 0 Å². The van der Waals surface area contributed by atoms with E-state index in [-0.39, 0.29) is 0 Å². The fourth-order valence-corrected chi connectivity index (χ4v) is 2.63. The molecule has 0 aliphatic carbocycles. The number of aromatic hydroxyl groups is 1. The first-order chi connectivity index (χ1) is 11.2. The Morgan fingerprint density at radius 2 is 1.57 bits per heavy atom. The molecule has 4 heteroatoms. The molecule has 0 saturated carbocycles. The number of rotatable bonds is 4. The minimum atomic E-state index is 0.334. The van der Waals surface area contributed by atoms with Gasteiger partial charge < -0.3 is 10.8 Å². The van der Waals surface area contributed by atoms with Crippen LogP contribution in [0.25, 0.3) is 10.8 Å². The quantitative estimate of drug-likeness (QED) is 0.494. The van der Waals surface area contributed by atoms with E-state index in [2.05, 4.69) is 17.2 Å². The average molecular weight is 305 g/mol. The van der Waals surface area contributed by atoms with Crippen LogP contribution in [0.3, 0.4) is 0 Å². The van der Waals surface area contributed by atoms with Crippen molar-refractivity contribution in [3.05, 3.63) is 60.2 Å². The topological polar surface area (TPSA) is 71.0 Å². The van der Waals surface area contributed by atoms with Gasteiger partial charge in [0.2, 0.25) is 0 Å². The van der Waals surface area contributed by atoms with Gasteiger partial charge in [0.1, 0.15) is 11.4 Å². The Labute approximate surface area is 135 Å². The predicted octanol–water partition coefficient (Wildman–Crippen LogP) is 5.50. The van der Waals surface area contributed by atoms with Crippen LogP contribution in [-0.2, 0) is 6.42 Å². The molecular formula is C19H19N3O. The smallest absolute Gasteiger partial charge is 0.126 e. The third-order valence-electron chi connectivity index (χ3n) is 3.79. The molecule has 0 fully saturated rings. The highest BCUT2D eigenvalue weighted by Gasteiger charge is 2.10. The van der Waals surface area contributed by atoms with Gasteiger partial charge in [-0.25, -0.2) is 0 Å². The highest BCUT2D eigenvalue weighted by Crippen LogP contribution is 2.37. The molecule has 0 saturated heterocycles. The third-order valence-corrected chi connectivity index (χ3v) is 3.79. The second kappa shape index (κ2) is 6.48. The first kappa shape index (κ1) is 15.0. The molecule has 0 aromatic heterocycles. The lowest BCUT2D eigenvalue weighted by molar-refractivity contribution is 0.474. The molecule has 23 heavy (non-hydrogen) atoms. The third kappa shape index (κ3) is 3.01. The van der Waals surface area contributed by atoms with Gasteiger partial charge in [-0.2, -0.15) is 0 Å². The Balaban J connectivity index is 2.13. The molecule has 116 valence electrons. The van der Waals surface area contributed by atoms with Crippen molar-refractivity contribution in [3.8, 4) is 5.75 Å². The van der Waals surface area contributed by atoms with Crippen LogP contribution in [0.15, 0.2) is 64.8 Å². The van der Waals surface area contributed by atoms with Crippen molar-refractivity contribution in [2.24, 2.45) is 10.2 Å². The van der Waals surface area contributed by atoms with E-state index < -0.39 is 0 Å². The number of hydrogen-bond acceptors (Lipinski definition) is 4. The van der Waals surface area contributed by atoms with E-state index in [0.717, 1.165) is 34.9 Å². The molecule has 4 nitrogen and oxygen atoms in total. The highest BCUT2D eigenvalue weighted by atomic mass is 16.3. The Bertz CT molecular complexity index is 872. The molecule has 3 N–H and O–H groups in total. The largest absolute Gasteiger partial charge is 0.507 e. The summed E-state index contributed by atoms with van der Waals surface area (Å²) in [6.45, 7) is 2.08. The van der Waals surface area contributed by atoms with Gasteiger partial charge in [-0.1, -0.05) is 49.7 Å². The van der Waals surface area contributed by atoms with E-state index in [9.17, 15) is 5.11 Å². The van der Waals surface area contributed by atoms with Gasteiger partial charge in [0.05, 0.1) is 11.4 Å². The van der Waals surface area contributed by atoms with Gasteiger partial charge in [0, 0.05) is 10.8 Å². The van der Waals surface area contributed by atoms with Crippen LogP contribution in [0.4, 0.5) is 17.1 Å². The van der Waals surface area contributed by atoms with E-state index in [0.29, 0.717) is 17.1 Å². The summed E-state index contributed by atoms with van der Waals surface area (Å²) in [5.41, 5.74) is 8.77. The van der Waals surface area contributed by atoms with Crippen LogP contribution in [0, 0.1) is 0 Å². The number of phenolic OH excluding ortho intramolecular Hbond substituents is 1. The Morgan fingerprint density at radius 3 is 2.30 bits per heavy atom. The second-order valence-corrected chi connectivity index (χ2v) is 5.46. The van der Waals surface area contributed by atoms with Crippen molar-refractivity contribution in [2.75, 3.05) is 5.73 Å². The van der Waals surface area contributed by atoms with E-state index in [4.69, 9.17) is 5.73 Å². The monoisotopic (exact) mass is 305 g/mol. The number of nitrogen functional groups attached to an aromatic ring is 1. The molecular weight excluding hydrogens is 286 g/mol. The lowest BCUT2D eigenvalue weighted by Gasteiger charge is -2.09. The van der Waals surface area contributed by atoms with Crippen LogP contribution < -0.4 is 5.73 Å². The summed E-state index contributed by atoms with van der Waals surface area (Å²) in [6, 6.07) is 17.0. The Kier molecular flexibility index (Phi) is 4.24. The molecule has 0 aliphatic heterocycles. The molecule has 0 atom stereocenters. The summed E-state index contributed by atoms with van der Waals surface area (Å²) in [6.07, 6.45) is 1.75. The van der Waals surface area contributed by atoms with Gasteiger partial charge >= 0.3 is 0 Å². The standard InChI is InChI=1S/C19H19N3O/c1-2-7-13-12-18(14-8-3-4-9-15(14)19(13)23)22-21-17-11-6-5-10-16(17)20/h3-6,8-12,23H,2,7,20H2,1H3. The number of azo groups is 1. The maximum atomic E-state index is 10.4. The average Bonchev–Trinajstić information content (AvgIpc) is 2.58. The van der Waals surface area contributed by atoms with Crippen LogP contribution in [0.5, 0.6) is 5.75 Å². The maximum absolute atomic E-state index is 10.4. The van der Waals surface area contributed by atoms with Crippen molar-refractivity contribution in [2.45, 2.75) is 19.8 Å². The molecule has 0 amide bonds. The van der Waals surface area contributed by atoms with Crippen molar-refractivity contribution in [3.63, 3.8) is 0 Å². The highest BCUT2D eigenvalue weighted by molar-refractivity contribution is 5.97. The number of aryl methyl sites for hydroxylation is 1. The van der Waals surface area contributed by atoms with Crippen molar-refractivity contribution < 1.29 is 5.11 Å². The summed E-state index contributed by atoms with van der Waals surface area (Å²) in [5.74, 6) is 0.334. The first-order valence-corrected chi connectivity index (χ1v) is 7.70. The fourth-order valence-electron chi connectivity index (χ4n) is 2.63. The zero-order valence-corrected chi connectivity index (χ0v) is 13.0. The van der Waals surface area contributed by atoms with E-state index in [1.807, 2.05) is 48.5 Å². The normalized spacial score (nSPS) is 11.3. The summed E-state index contributed by atoms with van der Waals surface area (Å²) in [4.78, 5) is 0. The number of para-hydroxylation sites is 1. The van der Waals surface area contributed by atoms with Crippen LogP contribution >= 0.6 is 0 Å². The number of nitrogens with two attached hydrogens (primary N) is 1. The Morgan fingerprint density at radius 1 is 0.913 bits per heavy atom. The van der Waals surface area contributed by atoms with Crippen LogP contribution in [0.1, 0.15) is 18.9 Å². The number of hydrogen-bond donors (Lipinski definition) is 2. The summed E-state index contributed by atoms with van der Waals surface area (Å²) in [5, 5.41) is 20.8. The lowest BCUT2D eigenvalue weighted by Crippen LogP contribution is -1.87. The molecule has 0 heterocycles. The van der Waals surface area contributed by atoms with Crippen LogP contribution in [0.2, 0.25) is 0 Å². The van der Waals surface area contributed by atoms with Crippen molar-refractivity contribution in [1.29, 1.82) is 0 Å². The van der Waals surface area contributed by atoms with Gasteiger partial charge in [0.15, 0.2) is 0 Å². The number of fused-ring (bicyclic) bond motifs is 1. The maximum Gasteiger partial charge on any atom is 0.126 e. The molecule has 3 aromatic rings. The molecule has 3 rings (SSSR count). The molecule has 0 spiro atoms. The van der Waals surface area contributed by atoms with Gasteiger partial charge in [-0.3, -0.25) is 0 Å². The first-order valence-electron chi connectivity index (χ1n) is 7.70. The molecule has 0 bridgehead atoms.